The molecule has 0 aliphatic rings. The minimum Gasteiger partial charge on any atom is -0.119 e. The summed E-state index contributed by atoms with van der Waals surface area (Å²) >= 11 is 0. The van der Waals surface area contributed by atoms with E-state index >= 15 is 0 Å². The predicted octanol–water partition coefficient (Wildman–Crippen LogP) is -0.531. The molecule has 0 atom stereocenters. The van der Waals surface area contributed by atoms with Gasteiger partial charge in [0.15, 0.2) is 0 Å². The van der Waals surface area contributed by atoms with E-state index in [9.17, 15) is 8.96 Å². The molecule has 29 valence electrons. The zero-order valence-electron chi connectivity index (χ0n) is 2.33. The van der Waals surface area contributed by atoms with Gasteiger partial charge >= 0.3 is 0 Å². The predicted molar refractivity (Wildman–Crippen MR) is 14.2 cm³/mol. The molecule has 0 aromatic rings. The van der Waals surface area contributed by atoms with Crippen molar-refractivity contribution in [3.05, 3.63) is 0 Å². The lowest BCUT2D eigenvalue weighted by Gasteiger charge is -1.70. The monoisotopic (exact) mass is 79.0 g/mol. The van der Waals surface area contributed by atoms with E-state index in [4.69, 9.17) is 0 Å². The molecule has 5 heavy (non-hydrogen) atoms. The maximum Gasteiger partial charge on any atom is 0 e. The zero-order valence-corrected chi connectivity index (χ0v) is 2.33. The van der Waals surface area contributed by atoms with Gasteiger partial charge in [-0.25, -0.2) is 0 Å². The Labute approximate surface area is 30.0 Å². The third-order valence-electron chi connectivity index (χ3n) is 0.0357. The van der Waals surface area contributed by atoms with Gasteiger partial charge in [0.25, 0.3) is 0 Å². The first-order valence-electron chi connectivity index (χ1n) is 0.628. The van der Waals surface area contributed by atoms with Crippen molar-refractivity contribution in [3.63, 3.8) is 0 Å². The van der Waals surface area contributed by atoms with Crippen LogP contribution in [0.15, 0.2) is 0 Å². The van der Waals surface area contributed by atoms with Crippen LogP contribution in [0.25, 0.3) is 0 Å². The Morgan fingerprint density at radius 1 is 1.00 bits per heavy atom. The second-order valence-electron chi connectivity index (χ2n) is 0.189. The normalized spacial score (nSPS) is 6.00. The molecule has 0 rings (SSSR count). The third-order valence-corrected chi connectivity index (χ3v) is 0.0357. The van der Waals surface area contributed by atoms with Crippen LogP contribution in [0, 0.1) is 0 Å². The van der Waals surface area contributed by atoms with Gasteiger partial charge < -0.3 is 0 Å². The molecule has 5 heteroatoms. The zero-order chi connectivity index (χ0) is 3.41. The number of hydrazine groups is 1. The van der Waals surface area contributed by atoms with E-state index in [1.807, 2.05) is 0 Å². The van der Waals surface area contributed by atoms with Crippen LogP contribution in [0.5, 0.6) is 0 Å². The standard InChI is InChI=1S/B.F2H2N2/c;1-3-4-2/h;3-4H. The lowest BCUT2D eigenvalue weighted by molar-refractivity contribution is 0.140. The summed E-state index contributed by atoms with van der Waals surface area (Å²) in [5.74, 6) is 0. The van der Waals surface area contributed by atoms with E-state index in [1.54, 1.807) is 0 Å². The van der Waals surface area contributed by atoms with Gasteiger partial charge in [-0.2, -0.15) is 0 Å². The molecule has 0 aliphatic heterocycles. The van der Waals surface area contributed by atoms with Crippen LogP contribution in [-0.2, 0) is 0 Å². The van der Waals surface area contributed by atoms with E-state index in [-0.39, 0.29) is 8.41 Å². The smallest absolute Gasteiger partial charge is 0 e. The van der Waals surface area contributed by atoms with Crippen LogP contribution in [0.1, 0.15) is 0 Å². The maximum absolute atomic E-state index is 9.99. The fourth-order valence-corrected chi connectivity index (χ4v) is 0. The van der Waals surface area contributed by atoms with Crippen molar-refractivity contribution in [2.24, 2.45) is 0 Å². The SMILES string of the molecule is FNNF.[B]. The van der Waals surface area contributed by atoms with Gasteiger partial charge in [0.1, 0.15) is 0 Å². The summed E-state index contributed by atoms with van der Waals surface area (Å²) < 4.78 is 20.0. The fraction of sp³-hybridized carbons (Fsp3) is 0. The highest BCUT2D eigenvalue weighted by Gasteiger charge is 1.54. The van der Waals surface area contributed by atoms with Gasteiger partial charge in [-0.15, -0.1) is 8.96 Å². The summed E-state index contributed by atoms with van der Waals surface area (Å²) in [5.41, 5.74) is 1.03. The van der Waals surface area contributed by atoms with E-state index < -0.39 is 0 Å². The molecular weight excluding hydrogens is 76.8 g/mol. The summed E-state index contributed by atoms with van der Waals surface area (Å²) in [6.45, 7) is 0. The number of rotatable bonds is 1. The van der Waals surface area contributed by atoms with Crippen LogP contribution in [-0.4, -0.2) is 8.41 Å². The van der Waals surface area contributed by atoms with Crippen molar-refractivity contribution in [2.45, 2.75) is 0 Å². The van der Waals surface area contributed by atoms with Crippen molar-refractivity contribution in [1.82, 2.24) is 11.3 Å². The molecule has 0 saturated carbocycles. The van der Waals surface area contributed by atoms with Gasteiger partial charge in [-0.05, 0) is 0 Å². The largest absolute Gasteiger partial charge is 0.119 e. The molecule has 0 heterocycles. The summed E-state index contributed by atoms with van der Waals surface area (Å²) in [7, 11) is 0. The summed E-state index contributed by atoms with van der Waals surface area (Å²) in [6, 6.07) is 0. The highest BCUT2D eigenvalue weighted by molar-refractivity contribution is 5.75. The van der Waals surface area contributed by atoms with Crippen LogP contribution in [0.3, 0.4) is 0 Å². The quantitative estimate of drug-likeness (QED) is 0.250. The molecule has 0 spiro atoms. The van der Waals surface area contributed by atoms with Crippen LogP contribution >= 0.6 is 0 Å². The molecule has 3 radical (unpaired) electrons. The topological polar surface area (TPSA) is 24.1 Å². The van der Waals surface area contributed by atoms with E-state index in [0.717, 1.165) is 0 Å². The highest BCUT2D eigenvalue weighted by atomic mass is 19.2. The molecule has 0 aromatic heterocycles. The molecule has 0 saturated heterocycles. The number of nitrogens with one attached hydrogen (secondary N) is 2. The minimum absolute atomic E-state index is 0. The Balaban J connectivity index is 0. The first kappa shape index (κ1) is 8.85. The summed E-state index contributed by atoms with van der Waals surface area (Å²) in [5, 5.41) is 0. The molecule has 0 unspecified atom stereocenters. The molecule has 2 N–H and O–H groups in total. The second kappa shape index (κ2) is 9.14. The van der Waals surface area contributed by atoms with Crippen molar-refractivity contribution in [3.8, 4) is 0 Å². The maximum atomic E-state index is 9.99. The Kier molecular flexibility index (Phi) is 16.2. The van der Waals surface area contributed by atoms with Crippen LogP contribution in [0.2, 0.25) is 0 Å². The fourth-order valence-electron chi connectivity index (χ4n) is 0. The molecule has 0 aromatic carbocycles. The average Bonchev–Trinajstić information content (AvgIpc) is 1.37. The molecule has 0 fully saturated rings. The molecule has 0 bridgehead atoms. The Morgan fingerprint density at radius 3 is 1.20 bits per heavy atom. The molecule has 2 nitrogen and oxygen atoms in total. The minimum atomic E-state index is 0. The van der Waals surface area contributed by atoms with Gasteiger partial charge in [-0.1, -0.05) is 11.3 Å². The number of halogens is 2. The third kappa shape index (κ3) is 18.3. The Hall–Kier alpha value is -0.155. The highest BCUT2D eigenvalue weighted by Crippen LogP contribution is 1.36. The first-order valence-corrected chi connectivity index (χ1v) is 0.628. The van der Waals surface area contributed by atoms with Crippen molar-refractivity contribution >= 4 is 8.41 Å². The van der Waals surface area contributed by atoms with Crippen molar-refractivity contribution in [2.75, 3.05) is 0 Å². The average molecular weight is 78.8 g/mol. The van der Waals surface area contributed by atoms with Crippen LogP contribution < -0.4 is 11.3 Å². The van der Waals surface area contributed by atoms with Crippen molar-refractivity contribution < 1.29 is 8.96 Å². The molecule has 0 amide bonds. The first-order chi connectivity index (χ1) is 1.91. The van der Waals surface area contributed by atoms with Gasteiger partial charge in [-0.3, -0.25) is 0 Å². The number of hydrogen-bond donors (Lipinski definition) is 2. The summed E-state index contributed by atoms with van der Waals surface area (Å²) in [4.78, 5) is 0. The van der Waals surface area contributed by atoms with E-state index in [0.29, 0.717) is 11.3 Å². The Morgan fingerprint density at radius 2 is 1.20 bits per heavy atom. The van der Waals surface area contributed by atoms with E-state index in [1.165, 1.54) is 0 Å². The van der Waals surface area contributed by atoms with Crippen molar-refractivity contribution in [1.29, 1.82) is 0 Å². The molecule has 0 aliphatic carbocycles. The number of hydrogen-bond acceptors (Lipinski definition) is 2. The lowest BCUT2D eigenvalue weighted by atomic mass is 10.8. The van der Waals surface area contributed by atoms with Crippen LogP contribution in [0.4, 0.5) is 8.96 Å². The molecular formula is H2BF2N2. The second-order valence-corrected chi connectivity index (χ2v) is 0.189. The summed E-state index contributed by atoms with van der Waals surface area (Å²) in [6.07, 6.45) is 0. The Bertz CT molecular complexity index is 9.61. The lowest BCUT2D eigenvalue weighted by Crippen LogP contribution is -2.10. The van der Waals surface area contributed by atoms with Gasteiger partial charge in [0.2, 0.25) is 0 Å². The van der Waals surface area contributed by atoms with Gasteiger partial charge in [0.05, 0.1) is 0 Å². The van der Waals surface area contributed by atoms with E-state index in [2.05, 4.69) is 0 Å². The van der Waals surface area contributed by atoms with Gasteiger partial charge in [0, 0.05) is 8.41 Å².